The summed E-state index contributed by atoms with van der Waals surface area (Å²) in [5.74, 6) is -2.18. The molecule has 0 bridgehead atoms. The third kappa shape index (κ3) is 9.91. The average Bonchev–Trinajstić information content (AvgIpc) is 3.14. The van der Waals surface area contributed by atoms with Gasteiger partial charge in [-0.25, -0.2) is 9.59 Å². The van der Waals surface area contributed by atoms with Crippen LogP contribution in [0.5, 0.6) is 0 Å². The molecule has 250 valence electrons. The lowest BCUT2D eigenvalue weighted by molar-refractivity contribution is -0.150. The third-order valence-corrected chi connectivity index (χ3v) is 8.69. The summed E-state index contributed by atoms with van der Waals surface area (Å²) >= 11 is 0. The number of carboxylic acid groups (broad SMARTS) is 1. The number of hydrogen-bond donors (Lipinski definition) is 2. The zero-order valence-corrected chi connectivity index (χ0v) is 27.7. The molecule has 2 atom stereocenters. The number of amides is 2. The molecule has 0 spiro atoms. The zero-order valence-electron chi connectivity index (χ0n) is 27.7. The minimum atomic E-state index is -1.66. The van der Waals surface area contributed by atoms with Gasteiger partial charge in [0.15, 0.2) is 0 Å². The quantitative estimate of drug-likeness (QED) is 0.113. The van der Waals surface area contributed by atoms with Crippen LogP contribution in [0, 0.1) is 5.92 Å². The Morgan fingerprint density at radius 2 is 1.12 bits per heavy atom. The number of carbonyl (C=O) groups excluding carboxylic acids is 2. The highest BCUT2D eigenvalue weighted by Crippen LogP contribution is 2.25. The lowest BCUT2D eigenvalue weighted by Crippen LogP contribution is -2.60. The van der Waals surface area contributed by atoms with Crippen LogP contribution in [-0.2, 0) is 40.2 Å². The summed E-state index contributed by atoms with van der Waals surface area (Å²) in [6.07, 6.45) is 1.20. The Morgan fingerprint density at radius 3 is 1.67 bits per heavy atom. The summed E-state index contributed by atoms with van der Waals surface area (Å²) < 4.78 is 5.71. The SMILES string of the molecule is CN(CC(CCc1ccccc1)C(=O)OCc1ccccc1)C(=O)N[C@@](Cc1ccccc1)(Cc1ccc(-c2ccccc2)cc1)C(=O)O. The van der Waals surface area contributed by atoms with E-state index >= 15 is 0 Å². The largest absolute Gasteiger partial charge is 0.479 e. The fourth-order valence-corrected chi connectivity index (χ4v) is 5.92. The van der Waals surface area contributed by atoms with E-state index in [-0.39, 0.29) is 26.0 Å². The average molecular weight is 655 g/mol. The van der Waals surface area contributed by atoms with E-state index in [4.69, 9.17) is 4.74 Å². The number of nitrogens with one attached hydrogen (secondary N) is 1. The van der Waals surface area contributed by atoms with Gasteiger partial charge in [-0.15, -0.1) is 0 Å². The van der Waals surface area contributed by atoms with Crippen molar-refractivity contribution in [2.75, 3.05) is 13.6 Å². The molecule has 0 aliphatic heterocycles. The lowest BCUT2D eigenvalue weighted by Gasteiger charge is -2.34. The molecule has 0 aliphatic rings. The highest BCUT2D eigenvalue weighted by Gasteiger charge is 2.41. The molecule has 7 heteroatoms. The summed E-state index contributed by atoms with van der Waals surface area (Å²) in [4.78, 5) is 41.9. The third-order valence-electron chi connectivity index (χ3n) is 8.69. The van der Waals surface area contributed by atoms with Crippen LogP contribution < -0.4 is 5.32 Å². The summed E-state index contributed by atoms with van der Waals surface area (Å²) in [5, 5.41) is 13.6. The number of ether oxygens (including phenoxy) is 1. The van der Waals surface area contributed by atoms with Gasteiger partial charge in [-0.3, -0.25) is 4.79 Å². The maximum absolute atomic E-state index is 13.9. The first-order valence-corrected chi connectivity index (χ1v) is 16.5. The molecule has 7 nitrogen and oxygen atoms in total. The van der Waals surface area contributed by atoms with Crippen molar-refractivity contribution in [2.24, 2.45) is 5.92 Å². The second kappa shape index (κ2) is 16.9. The number of aliphatic carboxylic acids is 1. The highest BCUT2D eigenvalue weighted by molar-refractivity contribution is 5.87. The van der Waals surface area contributed by atoms with Gasteiger partial charge in [0.05, 0.1) is 5.92 Å². The van der Waals surface area contributed by atoms with Crippen LogP contribution in [-0.4, -0.2) is 47.1 Å². The molecular weight excluding hydrogens is 612 g/mol. The van der Waals surface area contributed by atoms with Crippen molar-refractivity contribution in [3.63, 3.8) is 0 Å². The van der Waals surface area contributed by atoms with Crippen molar-refractivity contribution < 1.29 is 24.2 Å². The molecule has 0 saturated carbocycles. The van der Waals surface area contributed by atoms with E-state index in [0.29, 0.717) is 12.8 Å². The molecule has 49 heavy (non-hydrogen) atoms. The molecule has 0 aliphatic carbocycles. The van der Waals surface area contributed by atoms with Crippen molar-refractivity contribution in [1.82, 2.24) is 10.2 Å². The fraction of sp³-hybridized carbons (Fsp3) is 0.214. The predicted molar refractivity (Wildman–Crippen MR) is 192 cm³/mol. The van der Waals surface area contributed by atoms with Crippen LogP contribution >= 0.6 is 0 Å². The second-order valence-corrected chi connectivity index (χ2v) is 12.4. The van der Waals surface area contributed by atoms with Gasteiger partial charge in [0.2, 0.25) is 0 Å². The molecule has 0 heterocycles. The van der Waals surface area contributed by atoms with Crippen LogP contribution in [0.1, 0.15) is 28.7 Å². The van der Waals surface area contributed by atoms with Crippen LogP contribution in [0.15, 0.2) is 146 Å². The molecule has 1 unspecified atom stereocenters. The standard InChI is InChI=1S/C42H42N2O5/c1-44(30-38(27-22-32-14-6-2-7-15-32)39(45)49-31-35-18-10-4-11-19-35)41(48)43-42(40(46)47,28-33-16-8-3-9-17-33)29-34-23-25-37(26-24-34)36-20-12-5-13-21-36/h2-21,23-26,38H,22,27-31H2,1H3,(H,43,48)(H,46,47)/t38?,42-/m0/s1. The number of rotatable bonds is 15. The van der Waals surface area contributed by atoms with E-state index in [0.717, 1.165) is 33.4 Å². The topological polar surface area (TPSA) is 95.9 Å². The molecule has 2 N–H and O–H groups in total. The molecule has 0 fully saturated rings. The van der Waals surface area contributed by atoms with Gasteiger partial charge in [-0.1, -0.05) is 146 Å². The molecule has 0 aromatic heterocycles. The van der Waals surface area contributed by atoms with Crippen molar-refractivity contribution in [2.45, 2.75) is 37.8 Å². The first-order valence-electron chi connectivity index (χ1n) is 16.5. The minimum absolute atomic E-state index is 0.0547. The van der Waals surface area contributed by atoms with Crippen LogP contribution in [0.25, 0.3) is 11.1 Å². The smallest absolute Gasteiger partial charge is 0.330 e. The second-order valence-electron chi connectivity index (χ2n) is 12.4. The van der Waals surface area contributed by atoms with Crippen molar-refractivity contribution in [3.05, 3.63) is 168 Å². The van der Waals surface area contributed by atoms with Gasteiger partial charge < -0.3 is 20.1 Å². The fourth-order valence-electron chi connectivity index (χ4n) is 5.92. The maximum atomic E-state index is 13.9. The lowest BCUT2D eigenvalue weighted by atomic mass is 9.84. The van der Waals surface area contributed by atoms with E-state index in [1.54, 1.807) is 7.05 Å². The van der Waals surface area contributed by atoms with E-state index in [1.807, 2.05) is 146 Å². The number of hydrogen-bond acceptors (Lipinski definition) is 4. The number of benzene rings is 5. The number of urea groups is 1. The Morgan fingerprint density at radius 1 is 0.653 bits per heavy atom. The number of aryl methyl sites for hydroxylation is 1. The molecule has 0 radical (unpaired) electrons. The Balaban J connectivity index is 1.35. The molecule has 5 aromatic carbocycles. The Labute approximate surface area is 288 Å². The first-order chi connectivity index (χ1) is 23.8. The Hall–Kier alpha value is -5.69. The molecular formula is C42H42N2O5. The van der Waals surface area contributed by atoms with Gasteiger partial charge >= 0.3 is 18.0 Å². The van der Waals surface area contributed by atoms with Crippen LogP contribution in [0.2, 0.25) is 0 Å². The monoisotopic (exact) mass is 654 g/mol. The zero-order chi connectivity index (χ0) is 34.5. The summed E-state index contributed by atoms with van der Waals surface area (Å²) in [5.41, 5.74) is 3.90. The van der Waals surface area contributed by atoms with Gasteiger partial charge in [-0.05, 0) is 46.2 Å². The number of nitrogens with zero attached hydrogens (tertiary/aromatic N) is 1. The van der Waals surface area contributed by atoms with Crippen molar-refractivity contribution >= 4 is 18.0 Å². The number of carbonyl (C=O) groups is 3. The van der Waals surface area contributed by atoms with E-state index in [1.165, 1.54) is 4.90 Å². The van der Waals surface area contributed by atoms with Crippen LogP contribution in [0.4, 0.5) is 4.79 Å². The van der Waals surface area contributed by atoms with Gasteiger partial charge in [0.1, 0.15) is 12.1 Å². The van der Waals surface area contributed by atoms with Gasteiger partial charge in [-0.2, -0.15) is 0 Å². The number of esters is 1. The van der Waals surface area contributed by atoms with E-state index in [2.05, 4.69) is 5.32 Å². The summed E-state index contributed by atoms with van der Waals surface area (Å²) in [7, 11) is 1.58. The van der Waals surface area contributed by atoms with E-state index < -0.39 is 29.4 Å². The van der Waals surface area contributed by atoms with E-state index in [9.17, 15) is 19.5 Å². The highest BCUT2D eigenvalue weighted by atomic mass is 16.5. The number of carboxylic acids is 1. The molecule has 2 amide bonds. The molecule has 5 rings (SSSR count). The van der Waals surface area contributed by atoms with Crippen LogP contribution in [0.3, 0.4) is 0 Å². The summed E-state index contributed by atoms with van der Waals surface area (Å²) in [6, 6.07) is 45.7. The van der Waals surface area contributed by atoms with Gasteiger partial charge in [0, 0.05) is 26.4 Å². The Bertz CT molecular complexity index is 1780. The van der Waals surface area contributed by atoms with Crippen molar-refractivity contribution in [3.8, 4) is 11.1 Å². The van der Waals surface area contributed by atoms with Crippen molar-refractivity contribution in [1.29, 1.82) is 0 Å². The summed E-state index contributed by atoms with van der Waals surface area (Å²) in [6.45, 7) is 0.179. The molecule has 5 aromatic rings. The predicted octanol–water partition coefficient (Wildman–Crippen LogP) is 7.60. The molecule has 0 saturated heterocycles. The van der Waals surface area contributed by atoms with Gasteiger partial charge in [0.25, 0.3) is 0 Å². The normalized spacial score (nSPS) is 12.7. The maximum Gasteiger partial charge on any atom is 0.330 e. The minimum Gasteiger partial charge on any atom is -0.479 e. The Kier molecular flexibility index (Phi) is 12.0. The first kappa shape index (κ1) is 34.6.